The van der Waals surface area contributed by atoms with E-state index >= 15 is 0 Å². The number of hydrogen-bond acceptors (Lipinski definition) is 4. The summed E-state index contributed by atoms with van der Waals surface area (Å²) in [5.74, 6) is -0.286. The monoisotopic (exact) mass is 293 g/mol. The lowest BCUT2D eigenvalue weighted by atomic mass is 10.2. The number of aromatic nitrogens is 1. The summed E-state index contributed by atoms with van der Waals surface area (Å²) in [5.41, 5.74) is 1.21. The first-order valence-electron chi connectivity index (χ1n) is 6.87. The zero-order valence-corrected chi connectivity index (χ0v) is 13.2. The minimum Gasteiger partial charge on any atom is -0.444 e. The van der Waals surface area contributed by atoms with E-state index in [9.17, 15) is 9.59 Å². The van der Waals surface area contributed by atoms with E-state index in [0.29, 0.717) is 6.54 Å². The van der Waals surface area contributed by atoms with Crippen LogP contribution < -0.4 is 10.6 Å². The molecule has 0 aliphatic rings. The molecule has 0 saturated carbocycles. The molecule has 116 valence electrons. The molecule has 0 aliphatic carbocycles. The van der Waals surface area contributed by atoms with Gasteiger partial charge in [-0.3, -0.25) is 9.78 Å². The van der Waals surface area contributed by atoms with E-state index in [2.05, 4.69) is 15.6 Å². The largest absolute Gasteiger partial charge is 0.444 e. The predicted molar refractivity (Wildman–Crippen MR) is 79.7 cm³/mol. The number of aryl methyl sites for hydroxylation is 1. The van der Waals surface area contributed by atoms with Crippen molar-refractivity contribution in [2.45, 2.75) is 52.8 Å². The van der Waals surface area contributed by atoms with Crippen molar-refractivity contribution >= 4 is 12.0 Å². The SMILES string of the molecule is Cc1cccnc1CNC(=O)[C@@H](C)NC(=O)OC(C)(C)C. The van der Waals surface area contributed by atoms with Gasteiger partial charge in [-0.25, -0.2) is 4.79 Å². The summed E-state index contributed by atoms with van der Waals surface area (Å²) in [6, 6.07) is 3.09. The Balaban J connectivity index is 2.45. The first-order chi connectivity index (χ1) is 9.69. The molecule has 0 aliphatic heterocycles. The first kappa shape index (κ1) is 16.9. The number of nitrogens with one attached hydrogen (secondary N) is 2. The summed E-state index contributed by atoms with van der Waals surface area (Å²) >= 11 is 0. The van der Waals surface area contributed by atoms with Crippen LogP contribution in [0.3, 0.4) is 0 Å². The van der Waals surface area contributed by atoms with Gasteiger partial charge in [0.25, 0.3) is 0 Å². The van der Waals surface area contributed by atoms with Crippen molar-refractivity contribution < 1.29 is 14.3 Å². The molecule has 21 heavy (non-hydrogen) atoms. The number of pyridine rings is 1. The molecule has 0 saturated heterocycles. The maximum absolute atomic E-state index is 11.9. The molecule has 1 atom stereocenters. The van der Waals surface area contributed by atoms with Gasteiger partial charge in [-0.05, 0) is 46.2 Å². The Morgan fingerprint density at radius 3 is 2.62 bits per heavy atom. The van der Waals surface area contributed by atoms with Crippen LogP contribution in [0.2, 0.25) is 0 Å². The number of rotatable bonds is 4. The second kappa shape index (κ2) is 7.06. The average Bonchev–Trinajstić information content (AvgIpc) is 2.34. The van der Waals surface area contributed by atoms with Crippen molar-refractivity contribution in [3.63, 3.8) is 0 Å². The lowest BCUT2D eigenvalue weighted by Gasteiger charge is -2.21. The molecule has 1 aromatic heterocycles. The van der Waals surface area contributed by atoms with Crippen LogP contribution in [0.15, 0.2) is 18.3 Å². The summed E-state index contributed by atoms with van der Waals surface area (Å²) < 4.78 is 5.10. The third kappa shape index (κ3) is 6.25. The summed E-state index contributed by atoms with van der Waals surface area (Å²) in [4.78, 5) is 27.7. The van der Waals surface area contributed by atoms with Gasteiger partial charge in [0, 0.05) is 6.20 Å². The third-order valence-corrected chi connectivity index (χ3v) is 2.67. The van der Waals surface area contributed by atoms with E-state index in [1.165, 1.54) is 0 Å². The van der Waals surface area contributed by atoms with Crippen molar-refractivity contribution in [3.8, 4) is 0 Å². The van der Waals surface area contributed by atoms with E-state index in [4.69, 9.17) is 4.74 Å². The van der Waals surface area contributed by atoms with Gasteiger partial charge >= 0.3 is 6.09 Å². The van der Waals surface area contributed by atoms with Gasteiger partial charge < -0.3 is 15.4 Å². The molecule has 6 nitrogen and oxygen atoms in total. The smallest absolute Gasteiger partial charge is 0.408 e. The first-order valence-corrected chi connectivity index (χ1v) is 6.87. The van der Waals surface area contributed by atoms with Crippen LogP contribution >= 0.6 is 0 Å². The van der Waals surface area contributed by atoms with Crippen molar-refractivity contribution in [2.24, 2.45) is 0 Å². The number of hydrogen-bond donors (Lipinski definition) is 2. The molecule has 1 rings (SSSR count). The normalized spacial score (nSPS) is 12.4. The Morgan fingerprint density at radius 1 is 1.38 bits per heavy atom. The van der Waals surface area contributed by atoms with Crippen LogP contribution in [0.4, 0.5) is 4.79 Å². The molecule has 6 heteroatoms. The Morgan fingerprint density at radius 2 is 2.05 bits per heavy atom. The van der Waals surface area contributed by atoms with E-state index in [0.717, 1.165) is 11.3 Å². The fraction of sp³-hybridized carbons (Fsp3) is 0.533. The molecule has 0 bridgehead atoms. The quantitative estimate of drug-likeness (QED) is 0.888. The Kier molecular flexibility index (Phi) is 5.69. The molecular formula is C15H23N3O3. The van der Waals surface area contributed by atoms with E-state index in [-0.39, 0.29) is 5.91 Å². The van der Waals surface area contributed by atoms with Crippen molar-refractivity contribution in [1.82, 2.24) is 15.6 Å². The Labute approximate surface area is 125 Å². The average molecular weight is 293 g/mol. The molecule has 2 N–H and O–H groups in total. The molecule has 0 spiro atoms. The molecule has 0 fully saturated rings. The third-order valence-electron chi connectivity index (χ3n) is 2.67. The fourth-order valence-corrected chi connectivity index (χ4v) is 1.58. The number of amides is 2. The van der Waals surface area contributed by atoms with Crippen molar-refractivity contribution in [1.29, 1.82) is 0 Å². The fourth-order valence-electron chi connectivity index (χ4n) is 1.58. The molecule has 1 aromatic rings. The van der Waals surface area contributed by atoms with Gasteiger partial charge in [-0.2, -0.15) is 0 Å². The summed E-state index contributed by atoms with van der Waals surface area (Å²) in [6.07, 6.45) is 1.07. The van der Waals surface area contributed by atoms with Gasteiger partial charge in [0.15, 0.2) is 0 Å². The number of nitrogens with zero attached hydrogens (tertiary/aromatic N) is 1. The zero-order chi connectivity index (χ0) is 16.0. The van der Waals surface area contributed by atoms with Crippen LogP contribution in [0.25, 0.3) is 0 Å². The lowest BCUT2D eigenvalue weighted by molar-refractivity contribution is -0.123. The van der Waals surface area contributed by atoms with Crippen molar-refractivity contribution in [2.75, 3.05) is 0 Å². The second-order valence-electron chi connectivity index (χ2n) is 5.85. The van der Waals surface area contributed by atoms with E-state index in [1.54, 1.807) is 33.9 Å². The predicted octanol–water partition coefficient (Wildman–Crippen LogP) is 1.92. The van der Waals surface area contributed by atoms with Crippen LogP contribution in [-0.4, -0.2) is 28.6 Å². The maximum atomic E-state index is 11.9. The summed E-state index contributed by atoms with van der Waals surface area (Å²) in [6.45, 7) is 9.15. The molecule has 0 unspecified atom stereocenters. The number of carbonyl (C=O) groups is 2. The van der Waals surface area contributed by atoms with Crippen LogP contribution in [0.5, 0.6) is 0 Å². The summed E-state index contributed by atoms with van der Waals surface area (Å²) in [5, 5.41) is 5.23. The molecular weight excluding hydrogens is 270 g/mol. The number of alkyl carbamates (subject to hydrolysis) is 1. The van der Waals surface area contributed by atoms with Gasteiger partial charge in [0.05, 0.1) is 12.2 Å². The van der Waals surface area contributed by atoms with Crippen LogP contribution in [0.1, 0.15) is 39.0 Å². The standard InChI is InChI=1S/C15H23N3O3/c1-10-7-6-8-16-12(10)9-17-13(19)11(2)18-14(20)21-15(3,4)5/h6-8,11H,9H2,1-5H3,(H,17,19)(H,18,20)/t11-/m1/s1. The van der Waals surface area contributed by atoms with Crippen LogP contribution in [-0.2, 0) is 16.1 Å². The highest BCUT2D eigenvalue weighted by Crippen LogP contribution is 2.07. The molecule has 2 amide bonds. The van der Waals surface area contributed by atoms with E-state index in [1.807, 2.05) is 19.1 Å². The minimum absolute atomic E-state index is 0.286. The highest BCUT2D eigenvalue weighted by Gasteiger charge is 2.20. The Bertz CT molecular complexity index is 509. The molecule has 0 aromatic carbocycles. The second-order valence-corrected chi connectivity index (χ2v) is 5.85. The number of ether oxygens (including phenoxy) is 1. The highest BCUT2D eigenvalue weighted by atomic mass is 16.6. The van der Waals surface area contributed by atoms with Gasteiger partial charge in [-0.1, -0.05) is 6.07 Å². The Hall–Kier alpha value is -2.11. The van der Waals surface area contributed by atoms with Gasteiger partial charge in [-0.15, -0.1) is 0 Å². The zero-order valence-electron chi connectivity index (χ0n) is 13.2. The minimum atomic E-state index is -0.677. The van der Waals surface area contributed by atoms with Crippen LogP contribution in [0, 0.1) is 6.92 Å². The highest BCUT2D eigenvalue weighted by molar-refractivity contribution is 5.85. The number of carbonyl (C=O) groups excluding carboxylic acids is 2. The van der Waals surface area contributed by atoms with Gasteiger partial charge in [0.1, 0.15) is 11.6 Å². The molecule has 1 heterocycles. The van der Waals surface area contributed by atoms with E-state index < -0.39 is 17.7 Å². The lowest BCUT2D eigenvalue weighted by Crippen LogP contribution is -2.46. The topological polar surface area (TPSA) is 80.3 Å². The maximum Gasteiger partial charge on any atom is 0.408 e. The van der Waals surface area contributed by atoms with Crippen molar-refractivity contribution in [3.05, 3.63) is 29.6 Å². The van der Waals surface area contributed by atoms with Gasteiger partial charge in [0.2, 0.25) is 5.91 Å². The summed E-state index contributed by atoms with van der Waals surface area (Å²) in [7, 11) is 0. The molecule has 0 radical (unpaired) electrons.